The van der Waals surface area contributed by atoms with E-state index >= 15 is 0 Å². The zero-order valence-electron chi connectivity index (χ0n) is 9.74. The fraction of sp³-hybridized carbons (Fsp3) is 0.500. The van der Waals surface area contributed by atoms with Crippen molar-refractivity contribution in [2.45, 2.75) is 38.5 Å². The molecule has 2 nitrogen and oxygen atoms in total. The molecule has 0 aromatic heterocycles. The molecule has 0 amide bonds. The normalized spacial score (nSPS) is 17.4. The Hall–Kier alpha value is -1.31. The molecule has 0 radical (unpaired) electrons. The summed E-state index contributed by atoms with van der Waals surface area (Å²) in [6, 6.07) is 8.28. The third kappa shape index (κ3) is 2.63. The van der Waals surface area contributed by atoms with Crippen molar-refractivity contribution in [3.05, 3.63) is 29.8 Å². The zero-order chi connectivity index (χ0) is 11.4. The van der Waals surface area contributed by atoms with Crippen LogP contribution in [0.15, 0.2) is 24.3 Å². The minimum atomic E-state index is 0.414. The van der Waals surface area contributed by atoms with E-state index in [2.05, 4.69) is 12.1 Å². The van der Waals surface area contributed by atoms with Crippen LogP contribution in [0, 0.1) is 0 Å². The van der Waals surface area contributed by atoms with Gasteiger partial charge in [0.25, 0.3) is 0 Å². The lowest BCUT2D eigenvalue weighted by molar-refractivity contribution is -0.120. The molecule has 16 heavy (non-hydrogen) atoms. The predicted molar refractivity (Wildman–Crippen MR) is 63.8 cm³/mol. The molecular weight excluding hydrogens is 200 g/mol. The third-order valence-electron chi connectivity index (χ3n) is 3.18. The molecule has 0 saturated heterocycles. The van der Waals surface area contributed by atoms with Crippen LogP contribution in [-0.4, -0.2) is 12.4 Å². The summed E-state index contributed by atoms with van der Waals surface area (Å²) < 4.78 is 5.49. The van der Waals surface area contributed by atoms with E-state index in [0.717, 1.165) is 31.4 Å². The Balaban J connectivity index is 2.08. The van der Waals surface area contributed by atoms with Gasteiger partial charge < -0.3 is 4.74 Å². The van der Waals surface area contributed by atoms with Gasteiger partial charge >= 0.3 is 0 Å². The predicted octanol–water partition coefficient (Wildman–Crippen LogP) is 3.31. The molecule has 1 aromatic rings. The Bertz CT molecular complexity index is 361. The van der Waals surface area contributed by atoms with Crippen LogP contribution in [0.4, 0.5) is 0 Å². The number of rotatable bonds is 3. The number of benzene rings is 1. The summed E-state index contributed by atoms with van der Waals surface area (Å²) in [4.78, 5) is 11.2. The van der Waals surface area contributed by atoms with Gasteiger partial charge in [-0.1, -0.05) is 12.1 Å². The molecule has 1 aliphatic rings. The average Bonchev–Trinajstić information content (AvgIpc) is 2.31. The Morgan fingerprint density at radius 1 is 1.31 bits per heavy atom. The van der Waals surface area contributed by atoms with Crippen molar-refractivity contribution in [2.75, 3.05) is 6.61 Å². The van der Waals surface area contributed by atoms with Gasteiger partial charge in [0.2, 0.25) is 0 Å². The summed E-state index contributed by atoms with van der Waals surface area (Å²) in [6.45, 7) is 2.69. The molecule has 0 atom stereocenters. The topological polar surface area (TPSA) is 26.3 Å². The molecule has 86 valence electrons. The second kappa shape index (κ2) is 5.15. The molecule has 0 spiro atoms. The van der Waals surface area contributed by atoms with Crippen molar-refractivity contribution in [3.8, 4) is 5.75 Å². The van der Waals surface area contributed by atoms with Gasteiger partial charge in [-0.15, -0.1) is 0 Å². The quantitative estimate of drug-likeness (QED) is 0.778. The van der Waals surface area contributed by atoms with Crippen LogP contribution in [0.25, 0.3) is 0 Å². The highest BCUT2D eigenvalue weighted by Gasteiger charge is 2.20. The molecule has 2 heteroatoms. The van der Waals surface area contributed by atoms with E-state index in [1.165, 1.54) is 5.56 Å². The maximum Gasteiger partial charge on any atom is 0.132 e. The van der Waals surface area contributed by atoms with Gasteiger partial charge in [-0.2, -0.15) is 0 Å². The summed E-state index contributed by atoms with van der Waals surface area (Å²) in [5.74, 6) is 1.90. The van der Waals surface area contributed by atoms with Crippen LogP contribution >= 0.6 is 0 Å². The van der Waals surface area contributed by atoms with Crippen LogP contribution in [0.5, 0.6) is 5.75 Å². The van der Waals surface area contributed by atoms with Crippen molar-refractivity contribution in [3.63, 3.8) is 0 Å². The molecule has 2 rings (SSSR count). The molecule has 1 fully saturated rings. The molecule has 1 saturated carbocycles. The highest BCUT2D eigenvalue weighted by Crippen LogP contribution is 2.32. The van der Waals surface area contributed by atoms with E-state index in [1.807, 2.05) is 19.1 Å². The maximum atomic E-state index is 11.2. The van der Waals surface area contributed by atoms with Crippen molar-refractivity contribution in [1.29, 1.82) is 0 Å². The largest absolute Gasteiger partial charge is 0.494 e. The number of carbonyl (C=O) groups excluding carboxylic acids is 1. The zero-order valence-corrected chi connectivity index (χ0v) is 9.74. The van der Waals surface area contributed by atoms with Gasteiger partial charge in [0.1, 0.15) is 11.5 Å². The van der Waals surface area contributed by atoms with Crippen LogP contribution < -0.4 is 4.74 Å². The smallest absolute Gasteiger partial charge is 0.132 e. The van der Waals surface area contributed by atoms with Gasteiger partial charge in [-0.05, 0) is 43.4 Å². The number of carbonyl (C=O) groups is 1. The van der Waals surface area contributed by atoms with Gasteiger partial charge in [0.15, 0.2) is 0 Å². The molecule has 0 unspecified atom stereocenters. The average molecular weight is 218 g/mol. The lowest BCUT2D eigenvalue weighted by atomic mass is 9.83. The van der Waals surface area contributed by atoms with Gasteiger partial charge in [-0.3, -0.25) is 4.79 Å². The molecule has 1 aliphatic carbocycles. The molecule has 0 aliphatic heterocycles. The van der Waals surface area contributed by atoms with Crippen LogP contribution in [-0.2, 0) is 4.79 Å². The van der Waals surface area contributed by atoms with Crippen molar-refractivity contribution in [2.24, 2.45) is 0 Å². The van der Waals surface area contributed by atoms with E-state index in [4.69, 9.17) is 4.74 Å². The minimum Gasteiger partial charge on any atom is -0.494 e. The summed E-state index contributed by atoms with van der Waals surface area (Å²) >= 11 is 0. The fourth-order valence-corrected chi connectivity index (χ4v) is 2.30. The number of ketones is 1. The van der Waals surface area contributed by atoms with E-state index in [9.17, 15) is 4.79 Å². The highest BCUT2D eigenvalue weighted by atomic mass is 16.5. The number of hydrogen-bond donors (Lipinski definition) is 0. The molecule has 0 N–H and O–H groups in total. The lowest BCUT2D eigenvalue weighted by Crippen LogP contribution is -2.12. The molecular formula is C14H18O2. The van der Waals surface area contributed by atoms with E-state index in [1.54, 1.807) is 0 Å². The van der Waals surface area contributed by atoms with Gasteiger partial charge in [0, 0.05) is 12.8 Å². The van der Waals surface area contributed by atoms with Crippen molar-refractivity contribution >= 4 is 5.78 Å². The summed E-state index contributed by atoms with van der Waals surface area (Å²) in [5.41, 5.74) is 1.32. The third-order valence-corrected chi connectivity index (χ3v) is 3.18. The second-order valence-corrected chi connectivity index (χ2v) is 4.32. The van der Waals surface area contributed by atoms with E-state index in [-0.39, 0.29) is 0 Å². The first-order chi connectivity index (χ1) is 7.79. The van der Waals surface area contributed by atoms with Crippen LogP contribution in [0.2, 0.25) is 0 Å². The monoisotopic (exact) mass is 218 g/mol. The summed E-state index contributed by atoms with van der Waals surface area (Å²) in [6.07, 6.45) is 3.47. The van der Waals surface area contributed by atoms with E-state index in [0.29, 0.717) is 18.3 Å². The maximum absolute atomic E-state index is 11.2. The van der Waals surface area contributed by atoms with Crippen molar-refractivity contribution < 1.29 is 9.53 Å². The van der Waals surface area contributed by atoms with Crippen molar-refractivity contribution in [1.82, 2.24) is 0 Å². The molecule has 1 aromatic carbocycles. The Morgan fingerprint density at radius 3 is 2.75 bits per heavy atom. The van der Waals surface area contributed by atoms with Gasteiger partial charge in [-0.25, -0.2) is 0 Å². The Morgan fingerprint density at radius 2 is 2.06 bits per heavy atom. The fourth-order valence-electron chi connectivity index (χ4n) is 2.30. The van der Waals surface area contributed by atoms with Crippen LogP contribution in [0.3, 0.4) is 0 Å². The number of Topliss-reactive ketones (excluding diaryl/α,β-unsaturated/α-hetero) is 1. The van der Waals surface area contributed by atoms with Gasteiger partial charge in [0.05, 0.1) is 6.61 Å². The Kier molecular flexibility index (Phi) is 3.60. The van der Waals surface area contributed by atoms with E-state index < -0.39 is 0 Å². The first kappa shape index (κ1) is 11.2. The first-order valence-electron chi connectivity index (χ1n) is 6.04. The second-order valence-electron chi connectivity index (χ2n) is 4.32. The minimum absolute atomic E-state index is 0.414. The standard InChI is InChI=1S/C14H18O2/c1-2-16-14-5-3-4-12(10-14)11-6-8-13(15)9-7-11/h3-5,10-11H,2,6-9H2,1H3. The summed E-state index contributed by atoms with van der Waals surface area (Å²) in [7, 11) is 0. The highest BCUT2D eigenvalue weighted by molar-refractivity contribution is 5.79. The first-order valence-corrected chi connectivity index (χ1v) is 6.04. The lowest BCUT2D eigenvalue weighted by Gasteiger charge is -2.21. The molecule has 0 bridgehead atoms. The molecule has 0 heterocycles. The Labute approximate surface area is 96.6 Å². The SMILES string of the molecule is CCOc1cccc(C2CCC(=O)CC2)c1. The van der Waals surface area contributed by atoms with Crippen LogP contribution in [0.1, 0.15) is 44.1 Å². The summed E-state index contributed by atoms with van der Waals surface area (Å²) in [5, 5.41) is 0. The number of hydrogen-bond acceptors (Lipinski definition) is 2. The number of ether oxygens (including phenoxy) is 1.